The Morgan fingerprint density at radius 3 is 2.32 bits per heavy atom. The van der Waals surface area contributed by atoms with E-state index in [1.54, 1.807) is 0 Å². The molecule has 0 spiro atoms. The summed E-state index contributed by atoms with van der Waals surface area (Å²) in [5.74, 6) is 0.613. The molecule has 1 aromatic rings. The molecule has 0 radical (unpaired) electrons. The average Bonchev–Trinajstić information content (AvgIpc) is 2.36. The normalized spacial score (nSPS) is 17.4. The molecule has 0 atom stereocenters. The Balaban J connectivity index is 1.70. The van der Waals surface area contributed by atoms with Gasteiger partial charge in [0.25, 0.3) is 0 Å². The molecular weight excluding hydrogens is 236 g/mol. The highest BCUT2D eigenvalue weighted by atomic mass is 16.5. The van der Waals surface area contributed by atoms with Gasteiger partial charge in [0.1, 0.15) is 0 Å². The molecule has 1 saturated carbocycles. The van der Waals surface area contributed by atoms with Crippen molar-refractivity contribution in [3.8, 4) is 0 Å². The van der Waals surface area contributed by atoms with E-state index in [4.69, 9.17) is 9.47 Å². The Hall–Kier alpha value is -0.860. The summed E-state index contributed by atoms with van der Waals surface area (Å²) in [6.07, 6.45) is 3.82. The Bertz CT molecular complexity index is 355. The molecule has 19 heavy (non-hydrogen) atoms. The van der Waals surface area contributed by atoms with Gasteiger partial charge in [0, 0.05) is 12.0 Å². The lowest BCUT2D eigenvalue weighted by Gasteiger charge is -2.41. The van der Waals surface area contributed by atoms with Crippen LogP contribution in [0.2, 0.25) is 0 Å². The first-order valence-electron chi connectivity index (χ1n) is 7.40. The third-order valence-electron chi connectivity index (χ3n) is 3.79. The zero-order chi connectivity index (χ0) is 13.6. The van der Waals surface area contributed by atoms with Crippen LogP contribution in [0.4, 0.5) is 0 Å². The molecule has 1 aliphatic rings. The molecule has 0 N–H and O–H groups in total. The molecule has 1 fully saturated rings. The largest absolute Gasteiger partial charge is 0.381 e. The van der Waals surface area contributed by atoms with Crippen LogP contribution in [0.1, 0.15) is 38.7 Å². The van der Waals surface area contributed by atoms with E-state index < -0.39 is 0 Å². The van der Waals surface area contributed by atoms with Crippen LogP contribution in [0.3, 0.4) is 0 Å². The Labute approximate surface area is 117 Å². The minimum atomic E-state index is 0.295. The van der Waals surface area contributed by atoms with Crippen LogP contribution < -0.4 is 0 Å². The average molecular weight is 262 g/mol. The first-order chi connectivity index (χ1) is 9.20. The van der Waals surface area contributed by atoms with E-state index in [9.17, 15) is 0 Å². The second kappa shape index (κ2) is 7.06. The molecule has 0 aromatic heterocycles. The van der Waals surface area contributed by atoms with Crippen molar-refractivity contribution in [1.29, 1.82) is 0 Å². The van der Waals surface area contributed by atoms with E-state index in [2.05, 4.69) is 38.1 Å². The SMILES string of the molecule is CC(C)COCC1(COCc2ccccc2)CCC1. The molecule has 2 nitrogen and oxygen atoms in total. The summed E-state index contributed by atoms with van der Waals surface area (Å²) >= 11 is 0. The van der Waals surface area contributed by atoms with Gasteiger partial charge in [-0.2, -0.15) is 0 Å². The van der Waals surface area contributed by atoms with Gasteiger partial charge >= 0.3 is 0 Å². The van der Waals surface area contributed by atoms with Crippen LogP contribution in [0.5, 0.6) is 0 Å². The van der Waals surface area contributed by atoms with Crippen LogP contribution in [-0.2, 0) is 16.1 Å². The van der Waals surface area contributed by atoms with Gasteiger partial charge in [-0.3, -0.25) is 0 Å². The Kier molecular flexibility index (Phi) is 5.41. The molecule has 2 rings (SSSR count). The summed E-state index contributed by atoms with van der Waals surface area (Å²) in [5, 5.41) is 0. The van der Waals surface area contributed by atoms with Crippen molar-refractivity contribution in [2.45, 2.75) is 39.7 Å². The molecule has 2 heteroatoms. The third kappa shape index (κ3) is 4.63. The smallest absolute Gasteiger partial charge is 0.0717 e. The third-order valence-corrected chi connectivity index (χ3v) is 3.79. The molecule has 1 aromatic carbocycles. The summed E-state index contributed by atoms with van der Waals surface area (Å²) < 4.78 is 11.7. The van der Waals surface area contributed by atoms with Gasteiger partial charge in [0.15, 0.2) is 0 Å². The van der Waals surface area contributed by atoms with Crippen molar-refractivity contribution in [1.82, 2.24) is 0 Å². The topological polar surface area (TPSA) is 18.5 Å². The highest BCUT2D eigenvalue weighted by Gasteiger charge is 2.37. The number of hydrogen-bond donors (Lipinski definition) is 0. The van der Waals surface area contributed by atoms with Crippen molar-refractivity contribution in [3.63, 3.8) is 0 Å². The fourth-order valence-electron chi connectivity index (χ4n) is 2.48. The second-order valence-electron chi connectivity index (χ2n) is 6.24. The monoisotopic (exact) mass is 262 g/mol. The molecular formula is C17H26O2. The lowest BCUT2D eigenvalue weighted by Crippen LogP contribution is -2.39. The zero-order valence-electron chi connectivity index (χ0n) is 12.2. The van der Waals surface area contributed by atoms with Gasteiger partial charge in [0.05, 0.1) is 19.8 Å². The maximum absolute atomic E-state index is 5.90. The Morgan fingerprint density at radius 2 is 1.74 bits per heavy atom. The summed E-state index contributed by atoms with van der Waals surface area (Å²) in [6, 6.07) is 10.4. The van der Waals surface area contributed by atoms with Crippen LogP contribution in [0.15, 0.2) is 30.3 Å². The summed E-state index contributed by atoms with van der Waals surface area (Å²) in [5.41, 5.74) is 1.55. The molecule has 0 aliphatic heterocycles. The van der Waals surface area contributed by atoms with E-state index in [0.29, 0.717) is 17.9 Å². The quantitative estimate of drug-likeness (QED) is 0.703. The van der Waals surface area contributed by atoms with E-state index in [0.717, 1.165) is 19.8 Å². The van der Waals surface area contributed by atoms with Crippen LogP contribution in [-0.4, -0.2) is 19.8 Å². The molecule has 0 bridgehead atoms. The van der Waals surface area contributed by atoms with Gasteiger partial charge in [-0.05, 0) is 24.3 Å². The Morgan fingerprint density at radius 1 is 1.05 bits per heavy atom. The zero-order valence-corrected chi connectivity index (χ0v) is 12.2. The van der Waals surface area contributed by atoms with Crippen molar-refractivity contribution in [3.05, 3.63) is 35.9 Å². The second-order valence-corrected chi connectivity index (χ2v) is 6.24. The highest BCUT2D eigenvalue weighted by molar-refractivity contribution is 5.13. The molecule has 0 unspecified atom stereocenters. The lowest BCUT2D eigenvalue weighted by molar-refractivity contribution is -0.0739. The van der Waals surface area contributed by atoms with Crippen molar-refractivity contribution < 1.29 is 9.47 Å². The maximum Gasteiger partial charge on any atom is 0.0717 e. The molecule has 0 saturated heterocycles. The van der Waals surface area contributed by atoms with E-state index in [1.807, 2.05) is 6.07 Å². The molecule has 0 amide bonds. The summed E-state index contributed by atoms with van der Waals surface area (Å²) in [4.78, 5) is 0. The highest BCUT2D eigenvalue weighted by Crippen LogP contribution is 2.41. The fourth-order valence-corrected chi connectivity index (χ4v) is 2.48. The number of benzene rings is 1. The fraction of sp³-hybridized carbons (Fsp3) is 0.647. The van der Waals surface area contributed by atoms with E-state index >= 15 is 0 Å². The number of hydrogen-bond acceptors (Lipinski definition) is 2. The van der Waals surface area contributed by atoms with Gasteiger partial charge in [0.2, 0.25) is 0 Å². The molecule has 1 aliphatic carbocycles. The van der Waals surface area contributed by atoms with Crippen LogP contribution >= 0.6 is 0 Å². The first kappa shape index (κ1) is 14.5. The van der Waals surface area contributed by atoms with Crippen LogP contribution in [0.25, 0.3) is 0 Å². The minimum Gasteiger partial charge on any atom is -0.381 e. The standard InChI is InChI=1S/C17H26O2/c1-15(2)11-18-13-17(9-6-10-17)14-19-12-16-7-4-3-5-8-16/h3-5,7-8,15H,6,9-14H2,1-2H3. The van der Waals surface area contributed by atoms with Gasteiger partial charge < -0.3 is 9.47 Å². The molecule has 106 valence electrons. The minimum absolute atomic E-state index is 0.295. The van der Waals surface area contributed by atoms with Crippen LogP contribution in [0, 0.1) is 11.3 Å². The van der Waals surface area contributed by atoms with Gasteiger partial charge in [-0.15, -0.1) is 0 Å². The first-order valence-corrected chi connectivity index (χ1v) is 7.40. The van der Waals surface area contributed by atoms with Gasteiger partial charge in [-0.25, -0.2) is 0 Å². The molecule has 0 heterocycles. The summed E-state index contributed by atoms with van der Waals surface area (Å²) in [7, 11) is 0. The predicted molar refractivity (Wildman–Crippen MR) is 78.0 cm³/mol. The van der Waals surface area contributed by atoms with Crippen molar-refractivity contribution >= 4 is 0 Å². The summed E-state index contributed by atoms with van der Waals surface area (Å²) in [6.45, 7) is 7.66. The van der Waals surface area contributed by atoms with E-state index in [-0.39, 0.29) is 0 Å². The number of ether oxygens (including phenoxy) is 2. The number of rotatable bonds is 8. The van der Waals surface area contributed by atoms with Gasteiger partial charge in [-0.1, -0.05) is 50.6 Å². The maximum atomic E-state index is 5.90. The lowest BCUT2D eigenvalue weighted by atomic mass is 9.70. The van der Waals surface area contributed by atoms with E-state index in [1.165, 1.54) is 24.8 Å². The van der Waals surface area contributed by atoms with Crippen molar-refractivity contribution in [2.24, 2.45) is 11.3 Å². The van der Waals surface area contributed by atoms with Crippen molar-refractivity contribution in [2.75, 3.05) is 19.8 Å². The predicted octanol–water partition coefficient (Wildman–Crippen LogP) is 4.05.